The van der Waals surface area contributed by atoms with Gasteiger partial charge in [0.05, 0.1) is 25.0 Å². The van der Waals surface area contributed by atoms with Crippen molar-refractivity contribution in [1.29, 1.82) is 0 Å². The predicted octanol–water partition coefficient (Wildman–Crippen LogP) is 3.80. The Balaban J connectivity index is 1.43. The summed E-state index contributed by atoms with van der Waals surface area (Å²) in [4.78, 5) is 45.3. The lowest BCUT2D eigenvalue weighted by Gasteiger charge is -2.28. The molecule has 0 spiro atoms. The van der Waals surface area contributed by atoms with Crippen LogP contribution < -0.4 is 20.5 Å². The van der Waals surface area contributed by atoms with Crippen LogP contribution in [0.1, 0.15) is 35.3 Å². The van der Waals surface area contributed by atoms with Crippen molar-refractivity contribution >= 4 is 11.8 Å². The molecular formula is C35H39N5O5. The Hall–Kier alpha value is -4.83. The van der Waals surface area contributed by atoms with Gasteiger partial charge in [0, 0.05) is 44.8 Å². The number of ether oxygens (including phenoxy) is 2. The van der Waals surface area contributed by atoms with Gasteiger partial charge in [0.15, 0.2) is 6.61 Å². The van der Waals surface area contributed by atoms with Crippen LogP contribution in [0.5, 0.6) is 11.5 Å². The highest BCUT2D eigenvalue weighted by atomic mass is 16.5. The van der Waals surface area contributed by atoms with Gasteiger partial charge in [-0.2, -0.15) is 0 Å². The highest BCUT2D eigenvalue weighted by Crippen LogP contribution is 2.32. The number of likely N-dealkylation sites (tertiary alicyclic amines) is 1. The van der Waals surface area contributed by atoms with Gasteiger partial charge in [-0.3, -0.25) is 18.7 Å². The van der Waals surface area contributed by atoms with E-state index in [-0.39, 0.29) is 30.7 Å². The monoisotopic (exact) mass is 609 g/mol. The quantitative estimate of drug-likeness (QED) is 0.310. The molecule has 0 aliphatic carbocycles. The van der Waals surface area contributed by atoms with Gasteiger partial charge >= 0.3 is 5.69 Å². The molecule has 3 heterocycles. The van der Waals surface area contributed by atoms with Crippen molar-refractivity contribution in [2.24, 2.45) is 0 Å². The number of rotatable bonds is 9. The van der Waals surface area contributed by atoms with Crippen molar-refractivity contribution < 1.29 is 19.1 Å². The molecule has 0 saturated carbocycles. The van der Waals surface area contributed by atoms with Crippen LogP contribution in [-0.2, 0) is 11.3 Å². The first-order valence-corrected chi connectivity index (χ1v) is 15.6. The number of piperazine rings is 1. The van der Waals surface area contributed by atoms with Gasteiger partial charge in [-0.25, -0.2) is 4.79 Å². The summed E-state index contributed by atoms with van der Waals surface area (Å²) < 4.78 is 14.7. The lowest BCUT2D eigenvalue weighted by Crippen LogP contribution is -2.47. The van der Waals surface area contributed by atoms with Crippen LogP contribution in [0.15, 0.2) is 83.7 Å². The number of methoxy groups -OCH3 is 1. The number of nitrogens with one attached hydrogen (secondary N) is 1. The number of benzene rings is 3. The zero-order valence-electron chi connectivity index (χ0n) is 25.6. The minimum absolute atomic E-state index is 0.0263. The number of piperidine rings is 1. The Labute approximate surface area is 262 Å². The Kier molecular flexibility index (Phi) is 9.30. The fourth-order valence-electron chi connectivity index (χ4n) is 6.12. The van der Waals surface area contributed by atoms with E-state index >= 15 is 0 Å². The number of aromatic nitrogens is 2. The Morgan fingerprint density at radius 2 is 1.56 bits per heavy atom. The molecule has 4 aromatic rings. The number of carbonyl (C=O) groups excluding carboxylic acids is 2. The van der Waals surface area contributed by atoms with Gasteiger partial charge in [-0.05, 0) is 49.1 Å². The Morgan fingerprint density at radius 1 is 0.822 bits per heavy atom. The molecule has 0 radical (unpaired) electrons. The molecule has 0 unspecified atom stereocenters. The third-order valence-corrected chi connectivity index (χ3v) is 8.43. The van der Waals surface area contributed by atoms with Gasteiger partial charge < -0.3 is 24.6 Å². The molecule has 1 N–H and O–H groups in total. The molecule has 0 atom stereocenters. The number of para-hydroxylation sites is 2. The van der Waals surface area contributed by atoms with E-state index in [1.165, 1.54) is 0 Å². The first kappa shape index (κ1) is 30.2. The smallest absolute Gasteiger partial charge is 0.334 e. The summed E-state index contributed by atoms with van der Waals surface area (Å²) in [6, 6.07) is 24.2. The van der Waals surface area contributed by atoms with Crippen molar-refractivity contribution in [3.05, 3.63) is 101 Å². The summed E-state index contributed by atoms with van der Waals surface area (Å²) in [6.45, 7) is 4.05. The molecule has 0 bridgehead atoms. The normalized spacial score (nSPS) is 15.1. The third kappa shape index (κ3) is 6.51. The van der Waals surface area contributed by atoms with E-state index in [4.69, 9.17) is 9.47 Å². The summed E-state index contributed by atoms with van der Waals surface area (Å²) >= 11 is 0. The van der Waals surface area contributed by atoms with Crippen molar-refractivity contribution in [3.63, 3.8) is 0 Å². The zero-order chi connectivity index (χ0) is 31.2. The van der Waals surface area contributed by atoms with E-state index in [0.717, 1.165) is 43.5 Å². The predicted molar refractivity (Wildman–Crippen MR) is 172 cm³/mol. The highest BCUT2D eigenvalue weighted by molar-refractivity contribution is 5.99. The number of hydrogen-bond donors (Lipinski definition) is 1. The van der Waals surface area contributed by atoms with Crippen LogP contribution in [0.25, 0.3) is 16.9 Å². The molecule has 6 rings (SSSR count). The van der Waals surface area contributed by atoms with Crippen molar-refractivity contribution in [2.45, 2.75) is 25.8 Å². The maximum atomic E-state index is 14.5. The van der Waals surface area contributed by atoms with E-state index in [9.17, 15) is 14.4 Å². The van der Waals surface area contributed by atoms with Crippen LogP contribution in [0, 0.1) is 0 Å². The highest BCUT2D eigenvalue weighted by Gasteiger charge is 2.31. The third-order valence-electron chi connectivity index (χ3n) is 8.43. The molecule has 2 saturated heterocycles. The van der Waals surface area contributed by atoms with Crippen molar-refractivity contribution in [1.82, 2.24) is 24.3 Å². The summed E-state index contributed by atoms with van der Waals surface area (Å²) in [5, 5.41) is 3.30. The second-order valence-corrected chi connectivity index (χ2v) is 11.4. The Morgan fingerprint density at radius 3 is 2.31 bits per heavy atom. The minimum Gasteiger partial charge on any atom is -0.495 e. The fourth-order valence-corrected chi connectivity index (χ4v) is 6.12. The van der Waals surface area contributed by atoms with Gasteiger partial charge in [0.1, 0.15) is 17.2 Å². The number of imidazole rings is 1. The molecule has 2 amide bonds. The summed E-state index contributed by atoms with van der Waals surface area (Å²) in [6.07, 6.45) is 3.19. The summed E-state index contributed by atoms with van der Waals surface area (Å²) in [5.41, 5.74) is 2.52. The second-order valence-electron chi connectivity index (χ2n) is 11.4. The lowest BCUT2D eigenvalue weighted by molar-refractivity contribution is -0.134. The van der Waals surface area contributed by atoms with Crippen LogP contribution in [0.3, 0.4) is 0 Å². The fraction of sp³-hybridized carbons (Fsp3) is 0.343. The van der Waals surface area contributed by atoms with E-state index in [1.54, 1.807) is 33.3 Å². The number of hydrogen-bond acceptors (Lipinski definition) is 6. The molecule has 2 aliphatic heterocycles. The molecule has 10 nitrogen and oxygen atoms in total. The summed E-state index contributed by atoms with van der Waals surface area (Å²) in [7, 11) is 1.57. The molecule has 234 valence electrons. The number of amides is 2. The number of carbonyl (C=O) groups is 2. The van der Waals surface area contributed by atoms with Crippen LogP contribution in [-0.4, -0.2) is 83.7 Å². The average Bonchev–Trinajstić information content (AvgIpc) is 3.39. The lowest BCUT2D eigenvalue weighted by atomic mass is 10.1. The summed E-state index contributed by atoms with van der Waals surface area (Å²) in [5.74, 6) is 0.819. The zero-order valence-corrected chi connectivity index (χ0v) is 25.6. The molecule has 3 aromatic carbocycles. The van der Waals surface area contributed by atoms with Crippen molar-refractivity contribution in [3.8, 4) is 28.4 Å². The topological polar surface area (TPSA) is 98.0 Å². The van der Waals surface area contributed by atoms with Crippen LogP contribution in [0.2, 0.25) is 0 Å². The maximum Gasteiger partial charge on any atom is 0.334 e. The average molecular weight is 610 g/mol. The molecule has 2 fully saturated rings. The minimum atomic E-state index is -0.358. The van der Waals surface area contributed by atoms with E-state index in [2.05, 4.69) is 5.32 Å². The number of nitrogens with zero attached hydrogens (tertiary/aromatic N) is 4. The van der Waals surface area contributed by atoms with E-state index < -0.39 is 0 Å². The van der Waals surface area contributed by atoms with Crippen LogP contribution in [0.4, 0.5) is 0 Å². The molecule has 10 heteroatoms. The molecular weight excluding hydrogens is 570 g/mol. The van der Waals surface area contributed by atoms with Gasteiger partial charge in [0.2, 0.25) is 0 Å². The first-order chi connectivity index (χ1) is 22.0. The maximum absolute atomic E-state index is 14.5. The van der Waals surface area contributed by atoms with Gasteiger partial charge in [-0.15, -0.1) is 0 Å². The van der Waals surface area contributed by atoms with Crippen LogP contribution >= 0.6 is 0 Å². The molecule has 1 aromatic heterocycles. The SMILES string of the molecule is COc1ccccc1-n1c(-c2ccccc2)c(C(=O)N2CCNCC2)n(Cc2cccc(OCC(=O)N3CCCCC3)c2)c1=O. The largest absolute Gasteiger partial charge is 0.495 e. The molecule has 2 aliphatic rings. The van der Waals surface area contributed by atoms with Gasteiger partial charge in [-0.1, -0.05) is 54.6 Å². The van der Waals surface area contributed by atoms with E-state index in [1.807, 2.05) is 71.6 Å². The Bertz CT molecular complexity index is 1700. The first-order valence-electron chi connectivity index (χ1n) is 15.6. The second kappa shape index (κ2) is 13.9. The standard InChI is InChI=1S/C35H39N5O5/c1-44-30-16-7-6-15-29(30)40-32(27-12-4-2-5-13-27)33(34(42)38-21-17-36-18-22-38)39(35(40)43)24-26-11-10-14-28(23-26)45-25-31(41)37-19-8-3-9-20-37/h2,4-7,10-16,23,36H,3,8-9,17-22,24-25H2,1H3. The molecule has 45 heavy (non-hydrogen) atoms. The van der Waals surface area contributed by atoms with E-state index in [0.29, 0.717) is 54.8 Å². The van der Waals surface area contributed by atoms with Gasteiger partial charge in [0.25, 0.3) is 11.8 Å². The van der Waals surface area contributed by atoms with Crippen molar-refractivity contribution in [2.75, 3.05) is 53.0 Å².